The van der Waals surface area contributed by atoms with Gasteiger partial charge in [-0.15, -0.1) is 0 Å². The topological polar surface area (TPSA) is 0 Å². The average Bonchev–Trinajstić information content (AvgIpc) is 2.09. The predicted molar refractivity (Wildman–Crippen MR) is 59.7 cm³/mol. The average molecular weight is 176 g/mol. The zero-order valence-corrected chi connectivity index (χ0v) is 9.22. The molecule has 1 aliphatic rings. The van der Waals surface area contributed by atoms with Crippen molar-refractivity contribution in [1.82, 2.24) is 0 Å². The van der Waals surface area contributed by atoms with Crippen LogP contribution in [0, 0.1) is 5.92 Å². The van der Waals surface area contributed by atoms with Crippen LogP contribution in [0.4, 0.5) is 0 Å². The normalized spacial score (nSPS) is 18.7. The van der Waals surface area contributed by atoms with Crippen LogP contribution in [0.3, 0.4) is 0 Å². The molecule has 0 atom stereocenters. The molecule has 1 rings (SSSR count). The second-order valence-electron chi connectivity index (χ2n) is 3.98. The molecular formula is C13H20. The van der Waals surface area contributed by atoms with Crippen LogP contribution in [0.5, 0.6) is 0 Å². The van der Waals surface area contributed by atoms with Gasteiger partial charge in [0.05, 0.1) is 0 Å². The molecule has 0 aromatic carbocycles. The maximum atomic E-state index is 2.38. The fraction of sp³-hybridized carbons (Fsp3) is 0.538. The Morgan fingerprint density at radius 3 is 2.38 bits per heavy atom. The predicted octanol–water partition coefficient (Wildman–Crippen LogP) is 4.26. The van der Waals surface area contributed by atoms with Crippen molar-refractivity contribution < 1.29 is 0 Å². The summed E-state index contributed by atoms with van der Waals surface area (Å²) in [6.45, 7) is 8.88. The van der Waals surface area contributed by atoms with Crippen LogP contribution in [0.2, 0.25) is 0 Å². The standard InChI is InChI=1S/C13H20/c1-5-12(10(2)3)13-9-7-6-8-11(13)4/h5,8-10H,6-7H2,1-4H3/b12-5-. The van der Waals surface area contributed by atoms with Crippen LogP contribution < -0.4 is 0 Å². The molecule has 0 N–H and O–H groups in total. The fourth-order valence-electron chi connectivity index (χ4n) is 1.94. The summed E-state index contributed by atoms with van der Waals surface area (Å²) < 4.78 is 0. The zero-order valence-electron chi connectivity index (χ0n) is 9.22. The van der Waals surface area contributed by atoms with Gasteiger partial charge in [-0.2, -0.15) is 0 Å². The Labute approximate surface area is 82.0 Å². The van der Waals surface area contributed by atoms with Crippen LogP contribution in [0.15, 0.2) is 34.9 Å². The first-order chi connectivity index (χ1) is 6.16. The SMILES string of the molecule is C/C=C(\C1=CCCC=C1C)C(C)C. The van der Waals surface area contributed by atoms with Crippen LogP contribution in [-0.4, -0.2) is 0 Å². The lowest BCUT2D eigenvalue weighted by atomic mass is 9.87. The largest absolute Gasteiger partial charge is 0.0836 e. The Hall–Kier alpha value is -0.780. The van der Waals surface area contributed by atoms with Gasteiger partial charge in [0.15, 0.2) is 0 Å². The van der Waals surface area contributed by atoms with E-state index in [1.165, 1.54) is 29.6 Å². The van der Waals surface area contributed by atoms with Gasteiger partial charge in [0.25, 0.3) is 0 Å². The Morgan fingerprint density at radius 2 is 1.92 bits per heavy atom. The second kappa shape index (κ2) is 4.45. The summed E-state index contributed by atoms with van der Waals surface area (Å²) in [4.78, 5) is 0. The Kier molecular flexibility index (Phi) is 3.53. The molecule has 1 aliphatic carbocycles. The van der Waals surface area contributed by atoms with Gasteiger partial charge in [0.2, 0.25) is 0 Å². The number of hydrogen-bond donors (Lipinski definition) is 0. The van der Waals surface area contributed by atoms with Gasteiger partial charge in [-0.25, -0.2) is 0 Å². The summed E-state index contributed by atoms with van der Waals surface area (Å²) in [6.07, 6.45) is 9.40. The van der Waals surface area contributed by atoms with Gasteiger partial charge in [-0.05, 0) is 49.3 Å². The van der Waals surface area contributed by atoms with E-state index in [2.05, 4.69) is 45.9 Å². The van der Waals surface area contributed by atoms with Crippen molar-refractivity contribution >= 4 is 0 Å². The highest BCUT2D eigenvalue weighted by atomic mass is 14.2. The van der Waals surface area contributed by atoms with E-state index in [-0.39, 0.29) is 0 Å². The second-order valence-corrected chi connectivity index (χ2v) is 3.98. The van der Waals surface area contributed by atoms with Gasteiger partial charge in [-0.1, -0.05) is 32.1 Å². The van der Waals surface area contributed by atoms with E-state index in [1.54, 1.807) is 0 Å². The molecule has 0 saturated heterocycles. The molecule has 0 aromatic heterocycles. The summed E-state index contributed by atoms with van der Waals surface area (Å²) >= 11 is 0. The number of allylic oxidation sites excluding steroid dienone is 6. The number of rotatable bonds is 2. The molecule has 0 fully saturated rings. The minimum Gasteiger partial charge on any atom is -0.0836 e. The quantitative estimate of drug-likeness (QED) is 0.590. The molecule has 0 unspecified atom stereocenters. The lowest BCUT2D eigenvalue weighted by Gasteiger charge is -2.19. The molecule has 0 saturated carbocycles. The van der Waals surface area contributed by atoms with Crippen molar-refractivity contribution in [1.29, 1.82) is 0 Å². The molecule has 0 radical (unpaired) electrons. The fourth-order valence-corrected chi connectivity index (χ4v) is 1.94. The molecule has 0 bridgehead atoms. The molecular weight excluding hydrogens is 156 g/mol. The third-order valence-electron chi connectivity index (χ3n) is 2.63. The summed E-state index contributed by atoms with van der Waals surface area (Å²) in [7, 11) is 0. The lowest BCUT2D eigenvalue weighted by Crippen LogP contribution is -2.02. The van der Waals surface area contributed by atoms with Gasteiger partial charge in [0, 0.05) is 0 Å². The highest BCUT2D eigenvalue weighted by Crippen LogP contribution is 2.29. The van der Waals surface area contributed by atoms with Crippen molar-refractivity contribution in [2.75, 3.05) is 0 Å². The molecule has 72 valence electrons. The van der Waals surface area contributed by atoms with Crippen molar-refractivity contribution in [3.05, 3.63) is 34.9 Å². The lowest BCUT2D eigenvalue weighted by molar-refractivity contribution is 0.771. The minimum absolute atomic E-state index is 0.637. The maximum Gasteiger partial charge on any atom is -0.0216 e. The van der Waals surface area contributed by atoms with E-state index in [0.29, 0.717) is 5.92 Å². The molecule has 0 aliphatic heterocycles. The molecule has 0 heteroatoms. The van der Waals surface area contributed by atoms with Crippen LogP contribution in [-0.2, 0) is 0 Å². The van der Waals surface area contributed by atoms with E-state index in [1.807, 2.05) is 0 Å². The first-order valence-corrected chi connectivity index (χ1v) is 5.20. The summed E-state index contributed by atoms with van der Waals surface area (Å²) in [5.41, 5.74) is 4.42. The van der Waals surface area contributed by atoms with Gasteiger partial charge in [0.1, 0.15) is 0 Å². The summed E-state index contributed by atoms with van der Waals surface area (Å²) in [5, 5.41) is 0. The number of hydrogen-bond acceptors (Lipinski definition) is 0. The smallest absolute Gasteiger partial charge is 0.0216 e. The Bertz CT molecular complexity index is 262. The van der Waals surface area contributed by atoms with E-state index >= 15 is 0 Å². The monoisotopic (exact) mass is 176 g/mol. The van der Waals surface area contributed by atoms with Crippen LogP contribution in [0.25, 0.3) is 0 Å². The first-order valence-electron chi connectivity index (χ1n) is 5.20. The van der Waals surface area contributed by atoms with Crippen LogP contribution >= 0.6 is 0 Å². The van der Waals surface area contributed by atoms with Crippen molar-refractivity contribution in [3.63, 3.8) is 0 Å². The van der Waals surface area contributed by atoms with E-state index < -0.39 is 0 Å². The Balaban J connectivity index is 2.93. The van der Waals surface area contributed by atoms with Gasteiger partial charge < -0.3 is 0 Å². The first kappa shape index (κ1) is 10.3. The van der Waals surface area contributed by atoms with Crippen LogP contribution in [0.1, 0.15) is 40.5 Å². The summed E-state index contributed by atoms with van der Waals surface area (Å²) in [6, 6.07) is 0. The van der Waals surface area contributed by atoms with Crippen molar-refractivity contribution in [3.8, 4) is 0 Å². The van der Waals surface area contributed by atoms with Gasteiger partial charge >= 0.3 is 0 Å². The third-order valence-corrected chi connectivity index (χ3v) is 2.63. The highest BCUT2D eigenvalue weighted by Gasteiger charge is 2.11. The maximum absolute atomic E-state index is 2.38. The van der Waals surface area contributed by atoms with Crippen molar-refractivity contribution in [2.24, 2.45) is 5.92 Å². The zero-order chi connectivity index (χ0) is 9.84. The summed E-state index contributed by atoms with van der Waals surface area (Å²) in [5.74, 6) is 0.637. The molecule has 0 heterocycles. The Morgan fingerprint density at radius 1 is 1.31 bits per heavy atom. The highest BCUT2D eigenvalue weighted by molar-refractivity contribution is 5.47. The van der Waals surface area contributed by atoms with E-state index in [9.17, 15) is 0 Å². The van der Waals surface area contributed by atoms with Crippen molar-refractivity contribution in [2.45, 2.75) is 40.5 Å². The van der Waals surface area contributed by atoms with E-state index in [4.69, 9.17) is 0 Å². The van der Waals surface area contributed by atoms with Gasteiger partial charge in [-0.3, -0.25) is 0 Å². The molecule has 0 amide bonds. The molecule has 13 heavy (non-hydrogen) atoms. The molecule has 0 aromatic rings. The minimum atomic E-state index is 0.637. The molecule has 0 spiro atoms. The van der Waals surface area contributed by atoms with E-state index in [0.717, 1.165) is 0 Å². The molecule has 0 nitrogen and oxygen atoms in total. The third kappa shape index (κ3) is 2.33.